The fourth-order valence-electron chi connectivity index (χ4n) is 10.8. The Morgan fingerprint density at radius 1 is 0.676 bits per heavy atom. The second kappa shape index (κ2) is 25.3. The van der Waals surface area contributed by atoms with Gasteiger partial charge in [0.15, 0.2) is 17.3 Å². The third-order valence-corrected chi connectivity index (χ3v) is 13.7. The molecule has 1 aromatic carbocycles. The fourth-order valence-corrected chi connectivity index (χ4v) is 10.8. The van der Waals surface area contributed by atoms with Gasteiger partial charge in [0.05, 0.1) is 36.8 Å². The summed E-state index contributed by atoms with van der Waals surface area (Å²) in [5, 5.41) is 7.40. The summed E-state index contributed by atoms with van der Waals surface area (Å²) < 4.78 is 17.8. The number of benzene rings is 1. The lowest BCUT2D eigenvalue weighted by Crippen LogP contribution is -2.63. The van der Waals surface area contributed by atoms with Crippen LogP contribution in [0.2, 0.25) is 0 Å². The second-order valence-electron chi connectivity index (χ2n) is 27.4. The van der Waals surface area contributed by atoms with E-state index in [0.29, 0.717) is 45.7 Å². The van der Waals surface area contributed by atoms with Crippen LogP contribution in [0.25, 0.3) is 0 Å². The molecule has 0 spiro atoms. The van der Waals surface area contributed by atoms with Gasteiger partial charge in [-0.1, -0.05) is 126 Å². The molecule has 1 unspecified atom stereocenters. The highest BCUT2D eigenvalue weighted by molar-refractivity contribution is 5.94. The number of Topliss-reactive ketones (excluding diaryl/α,β-unsaturated/α-hetero) is 3. The summed E-state index contributed by atoms with van der Waals surface area (Å²) in [6.07, 6.45) is 11.7. The molecule has 406 valence electrons. The van der Waals surface area contributed by atoms with E-state index in [1.165, 1.54) is 0 Å². The molecule has 0 saturated carbocycles. The van der Waals surface area contributed by atoms with Crippen molar-refractivity contribution in [3.8, 4) is 5.75 Å². The number of ketones is 3. The van der Waals surface area contributed by atoms with Gasteiger partial charge in [-0.05, 0) is 112 Å². The molecule has 71 heavy (non-hydrogen) atoms. The normalized spacial score (nSPS) is 20.5. The van der Waals surface area contributed by atoms with E-state index in [4.69, 9.17) is 14.2 Å². The van der Waals surface area contributed by atoms with Gasteiger partial charge in [-0.3, -0.25) is 29.4 Å². The van der Waals surface area contributed by atoms with Crippen LogP contribution in [-0.4, -0.2) is 112 Å². The third kappa shape index (κ3) is 20.1. The minimum Gasteiger partial charge on any atom is -0.494 e. The number of hydrogen-bond acceptors (Lipinski definition) is 11. The minimum atomic E-state index is -0.782. The zero-order valence-electron chi connectivity index (χ0n) is 48.3. The maximum atomic E-state index is 14.4. The number of rotatable bonds is 25. The fraction of sp³-hybridized carbons (Fsp3) is 0.814. The van der Waals surface area contributed by atoms with Crippen molar-refractivity contribution in [2.75, 3.05) is 32.8 Å². The maximum absolute atomic E-state index is 14.4. The second-order valence-corrected chi connectivity index (χ2v) is 27.4. The van der Waals surface area contributed by atoms with Crippen molar-refractivity contribution in [1.82, 2.24) is 20.4 Å². The minimum absolute atomic E-state index is 0.126. The van der Waals surface area contributed by atoms with Crippen LogP contribution in [-0.2, 0) is 35.1 Å². The molecule has 3 rings (SSSR count). The van der Waals surface area contributed by atoms with Crippen molar-refractivity contribution in [1.29, 1.82) is 0 Å². The number of carbonyl (C=O) groups excluding carboxylic acids is 5. The van der Waals surface area contributed by atoms with Crippen molar-refractivity contribution < 1.29 is 38.2 Å². The number of unbranched alkanes of at least 4 members (excludes halogenated alkanes) is 8. The Kier molecular flexibility index (Phi) is 22.0. The van der Waals surface area contributed by atoms with Gasteiger partial charge in [0.25, 0.3) is 0 Å². The number of ether oxygens (including phenoxy) is 3. The summed E-state index contributed by atoms with van der Waals surface area (Å²) in [5.41, 5.74) is -2.81. The quantitative estimate of drug-likeness (QED) is 0.0714. The first kappa shape index (κ1) is 61.9. The lowest BCUT2D eigenvalue weighted by atomic mass is 9.72. The number of hydrogen-bond donors (Lipinski definition) is 2. The van der Waals surface area contributed by atoms with E-state index in [0.717, 1.165) is 88.4 Å². The van der Waals surface area contributed by atoms with E-state index in [2.05, 4.69) is 77.8 Å². The Balaban J connectivity index is 1.44. The van der Waals surface area contributed by atoms with Crippen molar-refractivity contribution >= 4 is 29.4 Å². The molecule has 1 amide bonds. The number of amides is 1. The average molecular weight is 995 g/mol. The predicted octanol–water partition coefficient (Wildman–Crippen LogP) is 12.0. The molecule has 0 bridgehead atoms. The Labute approximate surface area is 432 Å². The number of nitrogens with zero attached hydrogens (tertiary/aromatic N) is 2. The van der Waals surface area contributed by atoms with Gasteiger partial charge in [-0.2, -0.15) is 0 Å². The Morgan fingerprint density at radius 2 is 1.24 bits per heavy atom. The van der Waals surface area contributed by atoms with E-state index in [9.17, 15) is 24.0 Å². The van der Waals surface area contributed by atoms with Crippen molar-refractivity contribution in [2.45, 2.75) is 261 Å². The molecule has 2 aliphatic heterocycles. The summed E-state index contributed by atoms with van der Waals surface area (Å²) in [7, 11) is 0. The Morgan fingerprint density at radius 3 is 1.76 bits per heavy atom. The van der Waals surface area contributed by atoms with Crippen LogP contribution < -0.4 is 15.4 Å². The standard InChI is InChI=1S/C59H102N4O8/c1-52(2,3)48(65)46-40-45(41-63(46)57(16,17)18)71-47(64)39-43-30-29-31-44(38-43)69-36-27-24-22-26-33-58(60-55(10,11)12,49(66)53(4,5)6)32-25-21-19-20-23-28-37-70-51(68)62-35-34-59(42-62,61-56(13,14)15)50(67)54(7,8)9/h29-31,38,45-46,60-61H,19-28,32-37,39-42H2,1-18H3/t45-,46+,58?,59-/m0/s1. The highest BCUT2D eigenvalue weighted by atomic mass is 16.6. The smallest absolute Gasteiger partial charge is 0.409 e. The molecule has 0 aromatic heterocycles. The van der Waals surface area contributed by atoms with Crippen molar-refractivity contribution in [3.63, 3.8) is 0 Å². The van der Waals surface area contributed by atoms with Crippen LogP contribution in [0.5, 0.6) is 5.75 Å². The third-order valence-electron chi connectivity index (χ3n) is 13.7. The van der Waals surface area contributed by atoms with Crippen LogP contribution in [0.4, 0.5) is 4.79 Å². The van der Waals surface area contributed by atoms with Crippen LogP contribution >= 0.6 is 0 Å². The number of carbonyl (C=O) groups is 5. The predicted molar refractivity (Wildman–Crippen MR) is 288 cm³/mol. The highest BCUT2D eigenvalue weighted by Crippen LogP contribution is 2.37. The maximum Gasteiger partial charge on any atom is 0.409 e. The number of esters is 1. The Hall–Kier alpha value is -3.35. The summed E-state index contributed by atoms with van der Waals surface area (Å²) in [4.78, 5) is 71.4. The van der Waals surface area contributed by atoms with E-state index >= 15 is 0 Å². The van der Waals surface area contributed by atoms with Gasteiger partial charge < -0.3 is 24.4 Å². The zero-order chi connectivity index (χ0) is 53.9. The van der Waals surface area contributed by atoms with E-state index in [1.54, 1.807) is 4.90 Å². The molecule has 0 aliphatic carbocycles. The van der Waals surface area contributed by atoms with Gasteiger partial charge in [0, 0.05) is 58.9 Å². The molecule has 2 fully saturated rings. The van der Waals surface area contributed by atoms with Gasteiger partial charge in [0.1, 0.15) is 11.9 Å². The summed E-state index contributed by atoms with van der Waals surface area (Å²) in [6.45, 7) is 38.9. The first-order chi connectivity index (χ1) is 32.5. The largest absolute Gasteiger partial charge is 0.494 e. The lowest BCUT2D eigenvalue weighted by molar-refractivity contribution is -0.148. The van der Waals surface area contributed by atoms with E-state index in [-0.39, 0.29) is 64.6 Å². The molecule has 2 N–H and O–H groups in total. The SMILES string of the molecule is CC(C)(C)NC(CCCCCCCCOC(=O)N1CC[C@@](NC(C)(C)C)(C(=O)C(C)(C)C)C1)(CCCCCCOc1cccc(CC(=O)O[C@H]2C[C@H](C(=O)C(C)(C)C)N(C(C)(C)C)C2)c1)C(=O)C(C)(C)C. The van der Waals surface area contributed by atoms with Crippen LogP contribution in [0.1, 0.15) is 220 Å². The van der Waals surface area contributed by atoms with Crippen LogP contribution in [0.3, 0.4) is 0 Å². The molecule has 2 heterocycles. The molecule has 12 heteroatoms. The molecule has 1 aromatic rings. The summed E-state index contributed by atoms with van der Waals surface area (Å²) >= 11 is 0. The molecule has 0 radical (unpaired) electrons. The first-order valence-electron chi connectivity index (χ1n) is 27.3. The highest BCUT2D eigenvalue weighted by Gasteiger charge is 2.51. The number of likely N-dealkylation sites (tertiary alicyclic amines) is 2. The molecule has 4 atom stereocenters. The Bertz CT molecular complexity index is 1900. The average Bonchev–Trinajstić information content (AvgIpc) is 3.85. The van der Waals surface area contributed by atoms with E-state index in [1.807, 2.05) is 86.6 Å². The van der Waals surface area contributed by atoms with Crippen molar-refractivity contribution in [3.05, 3.63) is 29.8 Å². The first-order valence-corrected chi connectivity index (χ1v) is 27.3. The summed E-state index contributed by atoms with van der Waals surface area (Å²) in [6, 6.07) is 7.38. The van der Waals surface area contributed by atoms with Gasteiger partial charge in [-0.25, -0.2) is 4.79 Å². The monoisotopic (exact) mass is 995 g/mol. The lowest BCUT2D eigenvalue weighted by Gasteiger charge is -2.43. The zero-order valence-corrected chi connectivity index (χ0v) is 48.3. The van der Waals surface area contributed by atoms with Gasteiger partial charge in [-0.15, -0.1) is 0 Å². The van der Waals surface area contributed by atoms with E-state index < -0.39 is 27.3 Å². The summed E-state index contributed by atoms with van der Waals surface area (Å²) in [5.74, 6) is 1.00. The molecular formula is C59H102N4O8. The molecule has 2 saturated heterocycles. The molecule has 2 aliphatic rings. The molecule has 12 nitrogen and oxygen atoms in total. The van der Waals surface area contributed by atoms with Crippen LogP contribution in [0.15, 0.2) is 24.3 Å². The topological polar surface area (TPSA) is 144 Å². The van der Waals surface area contributed by atoms with Crippen LogP contribution in [0, 0.1) is 16.2 Å². The van der Waals surface area contributed by atoms with Gasteiger partial charge >= 0.3 is 12.1 Å². The molecular weight excluding hydrogens is 893 g/mol. The number of nitrogens with one attached hydrogen (secondary N) is 2. The van der Waals surface area contributed by atoms with Gasteiger partial charge in [0.2, 0.25) is 0 Å². The van der Waals surface area contributed by atoms with Crippen molar-refractivity contribution in [2.24, 2.45) is 16.2 Å².